The van der Waals surface area contributed by atoms with Crippen LogP contribution in [-0.2, 0) is 20.6 Å². The Morgan fingerprint density at radius 3 is 2.47 bits per heavy atom. The summed E-state index contributed by atoms with van der Waals surface area (Å²) in [5.41, 5.74) is 6.21. The third kappa shape index (κ3) is 8.06. The minimum absolute atomic E-state index is 0.169. The first-order chi connectivity index (χ1) is 21.9. The van der Waals surface area contributed by atoms with E-state index in [1.165, 1.54) is 6.20 Å². The maximum Gasteiger partial charge on any atom is 0.322 e. The summed E-state index contributed by atoms with van der Waals surface area (Å²) in [4.78, 5) is 29.0. The monoisotopic (exact) mass is 600 g/mol. The van der Waals surface area contributed by atoms with Crippen LogP contribution in [0.25, 0.3) is 22.5 Å². The average molecular weight is 601 g/mol. The number of carbonyl (C=O) groups is 1. The Bertz CT molecular complexity index is 1800. The van der Waals surface area contributed by atoms with Crippen molar-refractivity contribution in [2.75, 3.05) is 11.4 Å². The summed E-state index contributed by atoms with van der Waals surface area (Å²) in [6, 6.07) is 21.6. The maximum atomic E-state index is 13.5. The predicted octanol–water partition coefficient (Wildman–Crippen LogP) is 6.22. The second kappa shape index (κ2) is 14.7. The Hall–Kier alpha value is -5.63. The van der Waals surface area contributed by atoms with E-state index < -0.39 is 0 Å². The van der Waals surface area contributed by atoms with Gasteiger partial charge in [0, 0.05) is 56.5 Å². The largest absolute Gasteiger partial charge is 0.334 e. The summed E-state index contributed by atoms with van der Waals surface area (Å²) in [5, 5.41) is 21.3. The molecule has 3 heterocycles. The van der Waals surface area contributed by atoms with E-state index in [2.05, 4.69) is 38.5 Å². The van der Waals surface area contributed by atoms with E-state index in [1.807, 2.05) is 87.2 Å². The van der Waals surface area contributed by atoms with E-state index in [9.17, 15) is 10.1 Å². The molecule has 0 atom stereocenters. The van der Waals surface area contributed by atoms with Crippen molar-refractivity contribution >= 4 is 23.4 Å². The molecule has 0 unspecified atom stereocenters. The lowest BCUT2D eigenvalue weighted by Gasteiger charge is -2.24. The minimum Gasteiger partial charge on any atom is -0.334 e. The van der Waals surface area contributed by atoms with Crippen molar-refractivity contribution in [3.63, 3.8) is 0 Å². The molecule has 0 aliphatic heterocycles. The quantitative estimate of drug-likeness (QED) is 0.169. The Labute approximate surface area is 262 Å². The van der Waals surface area contributed by atoms with Crippen LogP contribution in [0.15, 0.2) is 90.4 Å². The number of aryl methyl sites for hydroxylation is 2. The van der Waals surface area contributed by atoms with E-state index in [0.717, 1.165) is 40.9 Å². The number of hydrogen-bond donors (Lipinski definition) is 1. The zero-order valence-corrected chi connectivity index (χ0v) is 25.8. The number of carbonyl (C=O) groups excluding carboxylic acids is 1. The topological polar surface area (TPSA) is 130 Å². The average Bonchev–Trinajstić information content (AvgIpc) is 3.70. The number of urea groups is 1. The second-order valence-electron chi connectivity index (χ2n) is 10.7. The molecule has 11 nitrogen and oxygen atoms in total. The molecular weight excluding hydrogens is 564 g/mol. The molecule has 228 valence electrons. The van der Waals surface area contributed by atoms with Gasteiger partial charge in [0.15, 0.2) is 0 Å². The van der Waals surface area contributed by atoms with Crippen molar-refractivity contribution < 1.29 is 4.79 Å². The molecule has 0 aliphatic carbocycles. The van der Waals surface area contributed by atoms with Gasteiger partial charge in [-0.15, -0.1) is 0 Å². The van der Waals surface area contributed by atoms with Gasteiger partial charge in [-0.1, -0.05) is 55.8 Å². The first-order valence-corrected chi connectivity index (χ1v) is 15.0. The SMILES string of the molecule is CCC/C(CCCN(C(=O)NCc1ccccc1)c1ccc(-c2cnn(C)c2)cc1)=N/c1ncc(C#N)c(-c2ccn(C)n2)n1. The highest BCUT2D eigenvalue weighted by Gasteiger charge is 2.17. The standard InChI is InChI=1S/C34H36N10O/c1-4-9-29(39-33-36-22-27(20-35)32(40-33)31-17-19-42(2)41-31)12-8-18-44(34(45)37-21-25-10-6-5-7-11-25)30-15-13-26(14-16-30)28-23-38-43(3)24-28/h5-7,10-11,13-17,19,22-24H,4,8-9,12,18,21H2,1-3H3,(H,37,45)/b39-29-. The molecule has 0 fully saturated rings. The fourth-order valence-electron chi connectivity index (χ4n) is 4.97. The summed E-state index contributed by atoms with van der Waals surface area (Å²) in [6.45, 7) is 3.02. The van der Waals surface area contributed by atoms with Crippen LogP contribution in [0.2, 0.25) is 0 Å². The number of amides is 2. The van der Waals surface area contributed by atoms with Gasteiger partial charge in [0.1, 0.15) is 17.5 Å². The normalized spacial score (nSPS) is 11.3. The molecule has 5 aromatic rings. The summed E-state index contributed by atoms with van der Waals surface area (Å²) in [5.74, 6) is 0.293. The van der Waals surface area contributed by atoms with Gasteiger partial charge in [-0.25, -0.2) is 19.8 Å². The molecule has 0 bridgehead atoms. The van der Waals surface area contributed by atoms with Gasteiger partial charge in [0.25, 0.3) is 0 Å². The molecule has 45 heavy (non-hydrogen) atoms. The lowest BCUT2D eigenvalue weighted by molar-refractivity contribution is 0.246. The van der Waals surface area contributed by atoms with Gasteiger partial charge in [-0.2, -0.15) is 15.5 Å². The van der Waals surface area contributed by atoms with Crippen LogP contribution < -0.4 is 10.2 Å². The number of nitriles is 1. The fourth-order valence-corrected chi connectivity index (χ4v) is 4.97. The third-order valence-electron chi connectivity index (χ3n) is 7.25. The lowest BCUT2D eigenvalue weighted by Crippen LogP contribution is -2.40. The Morgan fingerprint density at radius 1 is 1.00 bits per heavy atom. The summed E-state index contributed by atoms with van der Waals surface area (Å²) >= 11 is 0. The van der Waals surface area contributed by atoms with Crippen LogP contribution in [0.3, 0.4) is 0 Å². The van der Waals surface area contributed by atoms with Crippen molar-refractivity contribution in [3.05, 3.63) is 96.6 Å². The molecule has 0 radical (unpaired) electrons. The smallest absolute Gasteiger partial charge is 0.322 e. The van der Waals surface area contributed by atoms with Crippen LogP contribution in [-0.4, -0.2) is 47.8 Å². The molecule has 2 aromatic carbocycles. The number of benzene rings is 2. The van der Waals surface area contributed by atoms with E-state index >= 15 is 0 Å². The number of aliphatic imine (C=N–C) groups is 1. The van der Waals surface area contributed by atoms with Crippen molar-refractivity contribution in [1.82, 2.24) is 34.8 Å². The van der Waals surface area contributed by atoms with Gasteiger partial charge >= 0.3 is 6.03 Å². The molecule has 0 spiro atoms. The summed E-state index contributed by atoms with van der Waals surface area (Å²) in [6.07, 6.45) is 10.1. The van der Waals surface area contributed by atoms with Gasteiger partial charge in [0.2, 0.25) is 5.95 Å². The first-order valence-electron chi connectivity index (χ1n) is 15.0. The van der Waals surface area contributed by atoms with Crippen molar-refractivity contribution in [2.45, 2.75) is 39.2 Å². The minimum atomic E-state index is -0.169. The Morgan fingerprint density at radius 2 is 1.80 bits per heavy atom. The predicted molar refractivity (Wildman–Crippen MR) is 175 cm³/mol. The number of rotatable bonds is 12. The molecule has 0 saturated carbocycles. The van der Waals surface area contributed by atoms with Gasteiger partial charge in [-0.3, -0.25) is 14.3 Å². The summed E-state index contributed by atoms with van der Waals surface area (Å²) in [7, 11) is 3.70. The number of nitrogens with one attached hydrogen (secondary N) is 1. The van der Waals surface area contributed by atoms with Crippen LogP contribution in [0.5, 0.6) is 0 Å². The van der Waals surface area contributed by atoms with E-state index in [0.29, 0.717) is 48.8 Å². The Kier molecular flexibility index (Phi) is 10.1. The molecular formula is C34H36N10O. The molecule has 1 N–H and O–H groups in total. The molecule has 0 aliphatic rings. The highest BCUT2D eigenvalue weighted by molar-refractivity contribution is 5.92. The fraction of sp³-hybridized carbons (Fsp3) is 0.265. The second-order valence-corrected chi connectivity index (χ2v) is 10.7. The number of aromatic nitrogens is 6. The third-order valence-corrected chi connectivity index (χ3v) is 7.25. The highest BCUT2D eigenvalue weighted by Crippen LogP contribution is 2.24. The van der Waals surface area contributed by atoms with Crippen LogP contribution in [0.1, 0.15) is 43.7 Å². The zero-order valence-electron chi connectivity index (χ0n) is 25.8. The Balaban J connectivity index is 1.33. The van der Waals surface area contributed by atoms with Gasteiger partial charge in [-0.05, 0) is 48.6 Å². The van der Waals surface area contributed by atoms with Gasteiger partial charge in [0.05, 0.1) is 18.0 Å². The first kappa shape index (κ1) is 30.8. The van der Waals surface area contributed by atoms with E-state index in [1.54, 1.807) is 20.5 Å². The zero-order chi connectivity index (χ0) is 31.6. The molecule has 11 heteroatoms. The van der Waals surface area contributed by atoms with Crippen molar-refractivity contribution in [2.24, 2.45) is 19.1 Å². The number of anilines is 1. The molecule has 5 rings (SSSR count). The molecule has 3 aromatic heterocycles. The lowest BCUT2D eigenvalue weighted by atomic mass is 10.1. The van der Waals surface area contributed by atoms with E-state index in [4.69, 9.17) is 4.99 Å². The van der Waals surface area contributed by atoms with Crippen LogP contribution >= 0.6 is 0 Å². The summed E-state index contributed by atoms with van der Waals surface area (Å²) < 4.78 is 3.43. The number of hydrogen-bond acceptors (Lipinski definition) is 7. The maximum absolute atomic E-state index is 13.5. The van der Waals surface area contributed by atoms with Crippen molar-refractivity contribution in [3.8, 4) is 28.6 Å². The van der Waals surface area contributed by atoms with Crippen LogP contribution in [0.4, 0.5) is 16.4 Å². The van der Waals surface area contributed by atoms with E-state index in [-0.39, 0.29) is 6.03 Å². The highest BCUT2D eigenvalue weighted by atomic mass is 16.2. The number of nitrogens with zero attached hydrogens (tertiary/aromatic N) is 9. The van der Waals surface area contributed by atoms with Crippen LogP contribution in [0, 0.1) is 11.3 Å². The van der Waals surface area contributed by atoms with Gasteiger partial charge < -0.3 is 5.32 Å². The molecule has 2 amide bonds. The molecule has 0 saturated heterocycles. The van der Waals surface area contributed by atoms with Crippen molar-refractivity contribution in [1.29, 1.82) is 5.26 Å².